The van der Waals surface area contributed by atoms with Gasteiger partial charge in [-0.25, -0.2) is 9.28 Å². The van der Waals surface area contributed by atoms with E-state index in [-0.39, 0.29) is 23.2 Å². The Bertz CT molecular complexity index is 468. The molecule has 0 saturated heterocycles. The van der Waals surface area contributed by atoms with E-state index < -0.39 is 18.0 Å². The third-order valence-corrected chi connectivity index (χ3v) is 3.12. The van der Waals surface area contributed by atoms with Crippen molar-refractivity contribution in [3.05, 3.63) is 24.3 Å². The van der Waals surface area contributed by atoms with Crippen LogP contribution in [0.5, 0.6) is 0 Å². The molecule has 0 atom stereocenters. The normalized spacial score (nSPS) is 10.2. The number of carbonyl (C=O) groups is 3. The lowest BCUT2D eigenvalue weighted by atomic mass is 10.1. The SMILES string of the molecule is C=C(C)C(=O)OCC[N+](C)(C)C(=O)O.C=C(CCCCC)C(=O)[O-]. The van der Waals surface area contributed by atoms with E-state index in [1.807, 2.05) is 0 Å². The molecule has 24 heavy (non-hydrogen) atoms. The van der Waals surface area contributed by atoms with Crippen molar-refractivity contribution in [1.29, 1.82) is 0 Å². The minimum Gasteiger partial charge on any atom is -0.545 e. The maximum absolute atomic E-state index is 10.9. The number of unbranched alkanes of at least 4 members (excludes halogenated alkanes) is 2. The number of carboxylic acids is 1. The molecule has 0 radical (unpaired) electrons. The number of esters is 1. The van der Waals surface area contributed by atoms with E-state index in [1.165, 1.54) is 14.1 Å². The van der Waals surface area contributed by atoms with Gasteiger partial charge in [-0.2, -0.15) is 4.79 Å². The minimum absolute atomic E-state index is 0.0744. The molecule has 7 heteroatoms. The second-order valence-electron chi connectivity index (χ2n) is 5.96. The van der Waals surface area contributed by atoms with Crippen LogP contribution in [0.2, 0.25) is 0 Å². The van der Waals surface area contributed by atoms with Crippen molar-refractivity contribution in [3.63, 3.8) is 0 Å². The molecule has 1 amide bonds. The smallest absolute Gasteiger partial charge is 0.513 e. The quantitative estimate of drug-likeness (QED) is 0.296. The van der Waals surface area contributed by atoms with Crippen LogP contribution in [0.25, 0.3) is 0 Å². The van der Waals surface area contributed by atoms with Crippen LogP contribution in [0.4, 0.5) is 4.79 Å². The van der Waals surface area contributed by atoms with Crippen molar-refractivity contribution in [2.75, 3.05) is 27.2 Å². The summed E-state index contributed by atoms with van der Waals surface area (Å²) in [7, 11) is 3.05. The first-order valence-corrected chi connectivity index (χ1v) is 7.73. The molecule has 0 aromatic heterocycles. The van der Waals surface area contributed by atoms with Gasteiger partial charge in [0, 0.05) is 5.57 Å². The Morgan fingerprint density at radius 1 is 1.17 bits per heavy atom. The molecule has 7 nitrogen and oxygen atoms in total. The van der Waals surface area contributed by atoms with Crippen LogP contribution < -0.4 is 5.11 Å². The van der Waals surface area contributed by atoms with Gasteiger partial charge in [0.15, 0.2) is 0 Å². The second kappa shape index (κ2) is 12.3. The molecule has 0 aromatic rings. The summed E-state index contributed by atoms with van der Waals surface area (Å²) in [6.45, 7) is 10.7. The van der Waals surface area contributed by atoms with Crippen LogP contribution >= 0.6 is 0 Å². The standard InChI is InChI=1S/C9H15NO4.C8H14O2/c1-7(2)8(11)14-6-5-10(3,4)9(12)13;1-3-4-5-6-7(2)8(9)10/h1,5-6H2,2-4H3;2-6H2,1H3,(H,9,10). The van der Waals surface area contributed by atoms with Gasteiger partial charge < -0.3 is 19.7 Å². The number of carboxylic acid groups (broad SMARTS) is 2. The van der Waals surface area contributed by atoms with Crippen molar-refractivity contribution in [2.24, 2.45) is 0 Å². The lowest BCUT2D eigenvalue weighted by molar-refractivity contribution is -0.816. The number of amides is 1. The zero-order valence-electron chi connectivity index (χ0n) is 15.1. The summed E-state index contributed by atoms with van der Waals surface area (Å²) in [5.41, 5.74) is 0.527. The highest BCUT2D eigenvalue weighted by atomic mass is 16.5. The maximum atomic E-state index is 10.9. The largest absolute Gasteiger partial charge is 0.545 e. The first-order chi connectivity index (χ1) is 11.0. The molecule has 0 unspecified atom stereocenters. The van der Waals surface area contributed by atoms with E-state index in [1.54, 1.807) is 6.92 Å². The van der Waals surface area contributed by atoms with Gasteiger partial charge in [0.05, 0.1) is 20.1 Å². The summed E-state index contributed by atoms with van der Waals surface area (Å²) < 4.78 is 4.54. The topological polar surface area (TPSA) is 104 Å². The fraction of sp³-hybridized carbons (Fsp3) is 0.588. The van der Waals surface area contributed by atoms with Crippen molar-refractivity contribution < 1.29 is 33.8 Å². The lowest BCUT2D eigenvalue weighted by Crippen LogP contribution is -2.46. The van der Waals surface area contributed by atoms with Crippen LogP contribution in [-0.2, 0) is 14.3 Å². The second-order valence-corrected chi connectivity index (χ2v) is 5.96. The molecule has 0 aliphatic heterocycles. The summed E-state index contributed by atoms with van der Waals surface area (Å²) in [6, 6.07) is 0. The van der Waals surface area contributed by atoms with E-state index in [4.69, 9.17) is 9.84 Å². The van der Waals surface area contributed by atoms with E-state index in [9.17, 15) is 19.5 Å². The lowest BCUT2D eigenvalue weighted by Gasteiger charge is -2.21. The van der Waals surface area contributed by atoms with E-state index in [0.29, 0.717) is 12.0 Å². The van der Waals surface area contributed by atoms with Gasteiger partial charge in [-0.1, -0.05) is 32.9 Å². The van der Waals surface area contributed by atoms with Crippen molar-refractivity contribution in [2.45, 2.75) is 39.5 Å². The molecule has 0 aliphatic rings. The average Bonchev–Trinajstić information content (AvgIpc) is 2.47. The van der Waals surface area contributed by atoms with E-state index in [0.717, 1.165) is 19.3 Å². The third-order valence-electron chi connectivity index (χ3n) is 3.12. The Morgan fingerprint density at radius 3 is 2.08 bits per heavy atom. The number of quaternary nitrogens is 1. The molecule has 0 spiro atoms. The van der Waals surface area contributed by atoms with Crippen LogP contribution in [0.1, 0.15) is 39.5 Å². The predicted octanol–water partition coefficient (Wildman–Crippen LogP) is 1.73. The zero-order valence-corrected chi connectivity index (χ0v) is 15.1. The summed E-state index contributed by atoms with van der Waals surface area (Å²) >= 11 is 0. The molecule has 138 valence electrons. The molecule has 0 fully saturated rings. The summed E-state index contributed by atoms with van der Waals surface area (Å²) in [5, 5.41) is 18.8. The molecule has 0 aliphatic carbocycles. The maximum Gasteiger partial charge on any atom is 0.513 e. The Morgan fingerprint density at radius 2 is 1.71 bits per heavy atom. The number of ether oxygens (including phenoxy) is 1. The van der Waals surface area contributed by atoms with E-state index in [2.05, 4.69) is 20.1 Å². The number of hydrogen-bond donors (Lipinski definition) is 1. The highest BCUT2D eigenvalue weighted by Crippen LogP contribution is 2.05. The van der Waals surface area contributed by atoms with Gasteiger partial charge in [0.25, 0.3) is 0 Å². The first-order valence-electron chi connectivity index (χ1n) is 7.73. The van der Waals surface area contributed by atoms with Crippen molar-refractivity contribution in [3.8, 4) is 0 Å². The van der Waals surface area contributed by atoms with Crippen molar-refractivity contribution in [1.82, 2.24) is 0 Å². The highest BCUT2D eigenvalue weighted by Gasteiger charge is 2.25. The molecule has 0 heterocycles. The van der Waals surface area contributed by atoms with Crippen LogP contribution in [0.3, 0.4) is 0 Å². The number of aliphatic carboxylic acids is 1. The van der Waals surface area contributed by atoms with Crippen LogP contribution in [-0.4, -0.2) is 54.9 Å². The summed E-state index contributed by atoms with van der Waals surface area (Å²) in [4.78, 5) is 31.7. The number of likely N-dealkylation sites (N-methyl/N-ethyl adjacent to an activating group) is 1. The fourth-order valence-corrected chi connectivity index (χ4v) is 1.28. The third kappa shape index (κ3) is 12.4. The number of carbonyl (C=O) groups excluding carboxylic acids is 2. The monoisotopic (exact) mass is 343 g/mol. The molecule has 0 rings (SSSR count). The first kappa shape index (κ1) is 24.1. The summed E-state index contributed by atoms with van der Waals surface area (Å²) in [5.74, 6) is -1.61. The van der Waals surface area contributed by atoms with Gasteiger partial charge in [0.1, 0.15) is 13.2 Å². The molecule has 1 N–H and O–H groups in total. The molecular formula is C17H29NO6. The van der Waals surface area contributed by atoms with E-state index >= 15 is 0 Å². The Hall–Kier alpha value is -2.15. The van der Waals surface area contributed by atoms with Gasteiger partial charge in [-0.3, -0.25) is 0 Å². The number of nitrogens with zero attached hydrogens (tertiary/aromatic N) is 1. The Labute approximate surface area is 143 Å². The average molecular weight is 343 g/mol. The van der Waals surface area contributed by atoms with Crippen molar-refractivity contribution >= 4 is 18.0 Å². The summed E-state index contributed by atoms with van der Waals surface area (Å²) in [6.07, 6.45) is 2.67. The van der Waals surface area contributed by atoms with Gasteiger partial charge in [-0.15, -0.1) is 0 Å². The van der Waals surface area contributed by atoms with Gasteiger partial charge in [-0.05, 0) is 25.3 Å². The Kier molecular flexibility index (Phi) is 12.3. The molecule has 0 aromatic carbocycles. The van der Waals surface area contributed by atoms with Gasteiger partial charge >= 0.3 is 12.1 Å². The molecular weight excluding hydrogens is 314 g/mol. The fourth-order valence-electron chi connectivity index (χ4n) is 1.28. The zero-order chi connectivity index (χ0) is 19.3. The predicted molar refractivity (Wildman–Crippen MR) is 89.1 cm³/mol. The Balaban J connectivity index is 0. The number of rotatable bonds is 9. The molecule has 0 saturated carbocycles. The van der Waals surface area contributed by atoms with Crippen LogP contribution in [0, 0.1) is 0 Å². The molecule has 0 bridgehead atoms. The van der Waals surface area contributed by atoms with Crippen LogP contribution in [0.15, 0.2) is 24.3 Å². The van der Waals surface area contributed by atoms with Gasteiger partial charge in [0.2, 0.25) is 0 Å². The highest BCUT2D eigenvalue weighted by molar-refractivity contribution is 5.86. The number of hydrogen-bond acceptors (Lipinski definition) is 5. The minimum atomic E-state index is -1.11.